The van der Waals surface area contributed by atoms with Crippen molar-refractivity contribution in [2.45, 2.75) is 32.5 Å². The number of hydrogen-bond donors (Lipinski definition) is 0. The van der Waals surface area contributed by atoms with Crippen LogP contribution in [-0.4, -0.2) is 38.6 Å². The largest absolute Gasteiger partial charge is 0.496 e. The van der Waals surface area contributed by atoms with E-state index in [1.54, 1.807) is 35.5 Å². The van der Waals surface area contributed by atoms with E-state index in [0.29, 0.717) is 30.8 Å². The first-order chi connectivity index (χ1) is 15.3. The molecule has 2 aromatic carbocycles. The number of carbonyl (C=O) groups excluding carboxylic acids is 1. The highest BCUT2D eigenvalue weighted by Crippen LogP contribution is 2.35. The van der Waals surface area contributed by atoms with Gasteiger partial charge in [0, 0.05) is 22.0 Å². The van der Waals surface area contributed by atoms with Crippen LogP contribution in [0.3, 0.4) is 0 Å². The van der Waals surface area contributed by atoms with Crippen molar-refractivity contribution in [3.8, 4) is 5.75 Å². The van der Waals surface area contributed by atoms with E-state index in [9.17, 15) is 13.2 Å². The van der Waals surface area contributed by atoms with Crippen molar-refractivity contribution in [1.29, 1.82) is 0 Å². The third kappa shape index (κ3) is 4.52. The number of benzene rings is 2. The molecule has 1 aromatic heterocycles. The van der Waals surface area contributed by atoms with E-state index in [-0.39, 0.29) is 11.9 Å². The lowest BCUT2D eigenvalue weighted by atomic mass is 10.1. The second-order valence-electron chi connectivity index (χ2n) is 8.01. The molecule has 1 amide bonds. The zero-order chi connectivity index (χ0) is 22.9. The zero-order valence-electron chi connectivity index (χ0n) is 18.3. The highest BCUT2D eigenvalue weighted by molar-refractivity contribution is 7.92. The summed E-state index contributed by atoms with van der Waals surface area (Å²) in [5.41, 5.74) is 3.02. The van der Waals surface area contributed by atoms with Crippen LogP contribution in [0.4, 0.5) is 5.69 Å². The number of rotatable bonds is 7. The minimum absolute atomic E-state index is 0.0995. The van der Waals surface area contributed by atoms with Crippen molar-refractivity contribution in [2.24, 2.45) is 0 Å². The van der Waals surface area contributed by atoms with Crippen LogP contribution in [0, 0.1) is 0 Å². The molecule has 1 atom stereocenters. The van der Waals surface area contributed by atoms with Crippen molar-refractivity contribution in [1.82, 2.24) is 4.90 Å². The quantitative estimate of drug-likeness (QED) is 0.516. The van der Waals surface area contributed by atoms with Gasteiger partial charge in [-0.2, -0.15) is 0 Å². The SMILES string of the molecule is COc1ccccc1CN(Cc1cccs1)C(=O)c1ccc2c(c1)CC(C)N2S(C)(=O)=O. The third-order valence-corrected chi connectivity index (χ3v) is 7.74. The fourth-order valence-corrected chi connectivity index (χ4v) is 6.24. The minimum Gasteiger partial charge on any atom is -0.496 e. The van der Waals surface area contributed by atoms with E-state index in [0.717, 1.165) is 21.8 Å². The number of anilines is 1. The Balaban J connectivity index is 1.66. The Morgan fingerprint density at radius 1 is 1.16 bits per heavy atom. The summed E-state index contributed by atoms with van der Waals surface area (Å²) in [6.07, 6.45) is 1.80. The van der Waals surface area contributed by atoms with Crippen molar-refractivity contribution >= 4 is 33.0 Å². The lowest BCUT2D eigenvalue weighted by molar-refractivity contribution is 0.0730. The van der Waals surface area contributed by atoms with Gasteiger partial charge in [-0.1, -0.05) is 24.3 Å². The first kappa shape index (κ1) is 22.4. The van der Waals surface area contributed by atoms with Crippen LogP contribution in [0.1, 0.15) is 33.3 Å². The Hall–Kier alpha value is -2.84. The number of para-hydroxylation sites is 1. The lowest BCUT2D eigenvalue weighted by Gasteiger charge is -2.24. The summed E-state index contributed by atoms with van der Waals surface area (Å²) in [5, 5.41) is 2.00. The molecule has 1 unspecified atom stereocenters. The smallest absolute Gasteiger partial charge is 0.254 e. The van der Waals surface area contributed by atoms with Gasteiger partial charge in [-0.05, 0) is 54.6 Å². The highest BCUT2D eigenvalue weighted by atomic mass is 32.2. The lowest BCUT2D eigenvalue weighted by Crippen LogP contribution is -2.34. The molecule has 0 N–H and O–H groups in total. The monoisotopic (exact) mass is 470 g/mol. The fourth-order valence-electron chi connectivity index (χ4n) is 4.25. The van der Waals surface area contributed by atoms with Gasteiger partial charge in [-0.15, -0.1) is 11.3 Å². The molecule has 32 heavy (non-hydrogen) atoms. The van der Waals surface area contributed by atoms with Crippen molar-refractivity contribution in [3.05, 3.63) is 81.5 Å². The van der Waals surface area contributed by atoms with Gasteiger partial charge < -0.3 is 9.64 Å². The maximum absolute atomic E-state index is 13.6. The summed E-state index contributed by atoms with van der Waals surface area (Å²) in [4.78, 5) is 16.5. The van der Waals surface area contributed by atoms with Crippen LogP contribution < -0.4 is 9.04 Å². The Kier molecular flexibility index (Phi) is 6.26. The van der Waals surface area contributed by atoms with E-state index >= 15 is 0 Å². The summed E-state index contributed by atoms with van der Waals surface area (Å²) >= 11 is 1.61. The fraction of sp³-hybridized carbons (Fsp3) is 0.292. The molecule has 0 spiro atoms. The number of thiophene rings is 1. The van der Waals surface area contributed by atoms with Gasteiger partial charge >= 0.3 is 0 Å². The van der Waals surface area contributed by atoms with Gasteiger partial charge in [0.25, 0.3) is 5.91 Å². The molecule has 0 radical (unpaired) electrons. The topological polar surface area (TPSA) is 66.9 Å². The molecular formula is C24H26N2O4S2. The van der Waals surface area contributed by atoms with E-state index < -0.39 is 10.0 Å². The molecule has 2 heterocycles. The standard InChI is InChI=1S/C24H26N2O4S2/c1-17-13-20-14-18(10-11-22(20)26(17)32(3,28)29)24(27)25(16-21-8-6-12-31-21)15-19-7-4-5-9-23(19)30-2/h4-12,14,17H,13,15-16H2,1-3H3. The maximum atomic E-state index is 13.6. The molecule has 4 rings (SSSR count). The number of nitrogens with zero attached hydrogens (tertiary/aromatic N) is 2. The second-order valence-corrected chi connectivity index (χ2v) is 10.9. The van der Waals surface area contributed by atoms with E-state index in [2.05, 4.69) is 0 Å². The summed E-state index contributed by atoms with van der Waals surface area (Å²) in [6.45, 7) is 2.77. The summed E-state index contributed by atoms with van der Waals surface area (Å²) in [6, 6.07) is 16.8. The number of amides is 1. The Bertz CT molecular complexity index is 1220. The number of fused-ring (bicyclic) bond motifs is 1. The van der Waals surface area contributed by atoms with Gasteiger partial charge in [-0.3, -0.25) is 9.10 Å². The number of ether oxygens (including phenoxy) is 1. The predicted molar refractivity (Wildman–Crippen MR) is 128 cm³/mol. The minimum atomic E-state index is -3.37. The van der Waals surface area contributed by atoms with Crippen LogP contribution in [0.15, 0.2) is 60.0 Å². The molecule has 0 aliphatic carbocycles. The van der Waals surface area contributed by atoms with Crippen LogP contribution in [0.2, 0.25) is 0 Å². The molecular weight excluding hydrogens is 444 g/mol. The molecule has 0 fully saturated rings. The van der Waals surface area contributed by atoms with Crippen molar-refractivity contribution in [2.75, 3.05) is 17.7 Å². The first-order valence-corrected chi connectivity index (χ1v) is 13.1. The normalized spacial score (nSPS) is 15.5. The Morgan fingerprint density at radius 3 is 2.62 bits per heavy atom. The summed E-state index contributed by atoms with van der Waals surface area (Å²) < 4.78 is 31.4. The summed E-state index contributed by atoms with van der Waals surface area (Å²) in [5.74, 6) is 0.639. The molecule has 0 bridgehead atoms. The molecule has 3 aromatic rings. The van der Waals surface area contributed by atoms with Crippen LogP contribution >= 0.6 is 11.3 Å². The zero-order valence-corrected chi connectivity index (χ0v) is 19.9. The number of sulfonamides is 1. The van der Waals surface area contributed by atoms with Crippen molar-refractivity contribution < 1.29 is 17.9 Å². The van der Waals surface area contributed by atoms with Gasteiger partial charge in [0.05, 0.1) is 32.1 Å². The van der Waals surface area contributed by atoms with E-state index in [4.69, 9.17) is 4.74 Å². The maximum Gasteiger partial charge on any atom is 0.254 e. The first-order valence-electron chi connectivity index (χ1n) is 10.3. The highest BCUT2D eigenvalue weighted by Gasteiger charge is 2.33. The van der Waals surface area contributed by atoms with E-state index in [1.807, 2.05) is 54.8 Å². The van der Waals surface area contributed by atoms with E-state index in [1.165, 1.54) is 10.6 Å². The molecule has 0 saturated heterocycles. The molecule has 1 aliphatic rings. The number of hydrogen-bond acceptors (Lipinski definition) is 5. The van der Waals surface area contributed by atoms with Crippen molar-refractivity contribution in [3.63, 3.8) is 0 Å². The average Bonchev–Trinajstić information content (AvgIpc) is 3.38. The van der Waals surface area contributed by atoms with Crippen LogP contribution in [-0.2, 0) is 29.5 Å². The number of carbonyl (C=O) groups is 1. The molecule has 1 aliphatic heterocycles. The molecule has 0 saturated carbocycles. The predicted octanol–water partition coefficient (Wildman–Crippen LogP) is 4.31. The van der Waals surface area contributed by atoms with Gasteiger partial charge in [-0.25, -0.2) is 8.42 Å². The van der Waals surface area contributed by atoms with Gasteiger partial charge in [0.1, 0.15) is 5.75 Å². The molecule has 168 valence electrons. The molecule has 8 heteroatoms. The van der Waals surface area contributed by atoms with Gasteiger partial charge in [0.15, 0.2) is 0 Å². The average molecular weight is 471 g/mol. The van der Waals surface area contributed by atoms with Crippen LogP contribution in [0.5, 0.6) is 5.75 Å². The number of methoxy groups -OCH3 is 1. The van der Waals surface area contributed by atoms with Crippen LogP contribution in [0.25, 0.3) is 0 Å². The third-order valence-electron chi connectivity index (χ3n) is 5.60. The molecule has 6 nitrogen and oxygen atoms in total. The second kappa shape index (κ2) is 8.96. The Labute approximate surface area is 193 Å². The Morgan fingerprint density at radius 2 is 1.94 bits per heavy atom. The van der Waals surface area contributed by atoms with Gasteiger partial charge in [0.2, 0.25) is 10.0 Å². The summed E-state index contributed by atoms with van der Waals surface area (Å²) in [7, 11) is -1.75.